The molecule has 1 aromatic heterocycles. The Morgan fingerprint density at radius 2 is 2.05 bits per heavy atom. The van der Waals surface area contributed by atoms with Crippen LogP contribution in [0.1, 0.15) is 26.1 Å². The molecule has 0 spiro atoms. The van der Waals surface area contributed by atoms with Gasteiger partial charge in [-0.2, -0.15) is 0 Å². The monoisotopic (exact) mass is 281 g/mol. The van der Waals surface area contributed by atoms with Crippen molar-refractivity contribution in [3.63, 3.8) is 0 Å². The zero-order chi connectivity index (χ0) is 14.0. The van der Waals surface area contributed by atoms with Crippen LogP contribution in [-0.2, 0) is 13.0 Å². The Balaban J connectivity index is 2.55. The first-order valence-electron chi connectivity index (χ1n) is 6.38. The smallest absolute Gasteiger partial charge is 0.131 e. The maximum atomic E-state index is 13.4. The van der Waals surface area contributed by atoms with Crippen LogP contribution in [-0.4, -0.2) is 9.55 Å². The highest BCUT2D eigenvalue weighted by Crippen LogP contribution is 2.29. The fraction of sp³-hybridized carbons (Fsp3) is 0.357. The summed E-state index contributed by atoms with van der Waals surface area (Å²) in [6.07, 6.45) is 1.83. The number of anilines is 1. The van der Waals surface area contributed by atoms with Crippen LogP contribution in [0.3, 0.4) is 0 Å². The van der Waals surface area contributed by atoms with Gasteiger partial charge in [-0.3, -0.25) is 0 Å². The zero-order valence-electron chi connectivity index (χ0n) is 11.1. The molecule has 0 unspecified atom stereocenters. The standard InChI is InChI=1S/C14H17ClFN3/c1-3-5-12-18-13(14(17)19(12)4-2)9-6-10(15)8-11(16)7-9/h6-8H,3-5,17H2,1-2H3. The SMILES string of the molecule is CCCc1nc(-c2cc(F)cc(Cl)c2)c(N)n1CC. The van der Waals surface area contributed by atoms with E-state index in [1.54, 1.807) is 6.07 Å². The molecule has 0 amide bonds. The molecule has 3 nitrogen and oxygen atoms in total. The lowest BCUT2D eigenvalue weighted by Crippen LogP contribution is -2.05. The molecule has 5 heteroatoms. The van der Waals surface area contributed by atoms with E-state index in [0.717, 1.165) is 25.2 Å². The summed E-state index contributed by atoms with van der Waals surface area (Å²) in [6, 6.07) is 4.35. The fourth-order valence-electron chi connectivity index (χ4n) is 2.18. The number of benzene rings is 1. The summed E-state index contributed by atoms with van der Waals surface area (Å²) in [5, 5.41) is 0.345. The number of hydrogen-bond acceptors (Lipinski definition) is 2. The zero-order valence-corrected chi connectivity index (χ0v) is 11.8. The third-order valence-electron chi connectivity index (χ3n) is 3.01. The van der Waals surface area contributed by atoms with Crippen LogP contribution in [0.15, 0.2) is 18.2 Å². The Labute approximate surface area is 117 Å². The van der Waals surface area contributed by atoms with E-state index < -0.39 is 0 Å². The first kappa shape index (κ1) is 13.9. The van der Waals surface area contributed by atoms with Crippen molar-refractivity contribution in [3.05, 3.63) is 34.9 Å². The second-order valence-electron chi connectivity index (χ2n) is 4.41. The molecule has 0 aliphatic rings. The van der Waals surface area contributed by atoms with Crippen LogP contribution in [0.4, 0.5) is 10.2 Å². The van der Waals surface area contributed by atoms with Gasteiger partial charge in [0.15, 0.2) is 0 Å². The predicted octanol–water partition coefficient (Wildman–Crippen LogP) is 3.90. The highest BCUT2D eigenvalue weighted by Gasteiger charge is 2.15. The van der Waals surface area contributed by atoms with Crippen LogP contribution in [0.2, 0.25) is 5.02 Å². The van der Waals surface area contributed by atoms with Gasteiger partial charge in [-0.05, 0) is 31.5 Å². The lowest BCUT2D eigenvalue weighted by atomic mass is 10.1. The van der Waals surface area contributed by atoms with Crippen molar-refractivity contribution in [2.75, 3.05) is 5.73 Å². The third kappa shape index (κ3) is 2.73. The van der Waals surface area contributed by atoms with E-state index in [4.69, 9.17) is 17.3 Å². The van der Waals surface area contributed by atoms with Crippen molar-refractivity contribution >= 4 is 17.4 Å². The topological polar surface area (TPSA) is 43.8 Å². The van der Waals surface area contributed by atoms with Crippen molar-refractivity contribution in [3.8, 4) is 11.3 Å². The molecule has 1 heterocycles. The van der Waals surface area contributed by atoms with Gasteiger partial charge < -0.3 is 10.3 Å². The number of hydrogen-bond donors (Lipinski definition) is 1. The molecule has 2 N–H and O–H groups in total. The quantitative estimate of drug-likeness (QED) is 0.924. The Kier molecular flexibility index (Phi) is 4.10. The summed E-state index contributed by atoms with van der Waals surface area (Å²) in [6.45, 7) is 4.85. The predicted molar refractivity (Wildman–Crippen MR) is 76.7 cm³/mol. The van der Waals surface area contributed by atoms with Crippen molar-refractivity contribution < 1.29 is 4.39 Å². The highest BCUT2D eigenvalue weighted by molar-refractivity contribution is 6.30. The molecule has 2 aromatic rings. The number of aromatic nitrogens is 2. The lowest BCUT2D eigenvalue weighted by Gasteiger charge is -2.05. The molecule has 19 heavy (non-hydrogen) atoms. The summed E-state index contributed by atoms with van der Waals surface area (Å²) < 4.78 is 15.4. The fourth-order valence-corrected chi connectivity index (χ4v) is 2.41. The molecule has 0 saturated carbocycles. The van der Waals surface area contributed by atoms with E-state index in [1.165, 1.54) is 12.1 Å². The summed E-state index contributed by atoms with van der Waals surface area (Å²) in [7, 11) is 0. The number of halogens is 2. The summed E-state index contributed by atoms with van der Waals surface area (Å²) >= 11 is 5.88. The summed E-state index contributed by atoms with van der Waals surface area (Å²) in [4.78, 5) is 4.54. The number of nitrogens with two attached hydrogens (primary N) is 1. The van der Waals surface area contributed by atoms with E-state index in [0.29, 0.717) is 22.1 Å². The second-order valence-corrected chi connectivity index (χ2v) is 4.85. The maximum absolute atomic E-state index is 13.4. The van der Waals surface area contributed by atoms with Gasteiger partial charge in [0, 0.05) is 23.6 Å². The van der Waals surface area contributed by atoms with Crippen LogP contribution in [0.5, 0.6) is 0 Å². The van der Waals surface area contributed by atoms with Crippen LogP contribution in [0.25, 0.3) is 11.3 Å². The van der Waals surface area contributed by atoms with E-state index in [1.807, 2.05) is 11.5 Å². The van der Waals surface area contributed by atoms with Gasteiger partial charge in [0.1, 0.15) is 23.2 Å². The molecule has 1 aromatic carbocycles. The molecule has 0 fully saturated rings. The largest absolute Gasteiger partial charge is 0.383 e. The molecule has 0 aliphatic heterocycles. The Hall–Kier alpha value is -1.55. The second kappa shape index (κ2) is 5.61. The molecule has 2 rings (SSSR count). The normalized spacial score (nSPS) is 10.9. The third-order valence-corrected chi connectivity index (χ3v) is 3.23. The van der Waals surface area contributed by atoms with E-state index in [9.17, 15) is 4.39 Å². The first-order valence-corrected chi connectivity index (χ1v) is 6.76. The van der Waals surface area contributed by atoms with Gasteiger partial charge >= 0.3 is 0 Å². The van der Waals surface area contributed by atoms with Crippen molar-refractivity contribution in [1.82, 2.24) is 9.55 Å². The lowest BCUT2D eigenvalue weighted by molar-refractivity contribution is 0.628. The average Bonchev–Trinajstić information content (AvgIpc) is 2.65. The molecule has 0 atom stereocenters. The summed E-state index contributed by atoms with van der Waals surface area (Å²) in [5.41, 5.74) is 7.33. The van der Waals surface area contributed by atoms with E-state index in [-0.39, 0.29) is 5.82 Å². The van der Waals surface area contributed by atoms with Gasteiger partial charge in [0.25, 0.3) is 0 Å². The molecule has 102 valence electrons. The van der Waals surface area contributed by atoms with Gasteiger partial charge in [0.05, 0.1) is 0 Å². The number of rotatable bonds is 4. The highest BCUT2D eigenvalue weighted by atomic mass is 35.5. The summed E-state index contributed by atoms with van der Waals surface area (Å²) in [5.74, 6) is 1.11. The van der Waals surface area contributed by atoms with Gasteiger partial charge in [-0.25, -0.2) is 9.37 Å². The Morgan fingerprint density at radius 3 is 2.63 bits per heavy atom. The van der Waals surface area contributed by atoms with Gasteiger partial charge in [-0.15, -0.1) is 0 Å². The molecular weight excluding hydrogens is 265 g/mol. The van der Waals surface area contributed by atoms with Crippen LogP contribution < -0.4 is 5.73 Å². The number of aryl methyl sites for hydroxylation is 1. The molecule has 0 aliphatic carbocycles. The van der Waals surface area contributed by atoms with Gasteiger partial charge in [-0.1, -0.05) is 18.5 Å². The van der Waals surface area contributed by atoms with Crippen molar-refractivity contribution in [2.45, 2.75) is 33.2 Å². The molecule has 0 saturated heterocycles. The van der Waals surface area contributed by atoms with Crippen molar-refractivity contribution in [1.29, 1.82) is 0 Å². The van der Waals surface area contributed by atoms with E-state index >= 15 is 0 Å². The Bertz CT molecular complexity index is 572. The average molecular weight is 282 g/mol. The van der Waals surface area contributed by atoms with Crippen LogP contribution in [0, 0.1) is 5.82 Å². The Morgan fingerprint density at radius 1 is 1.32 bits per heavy atom. The van der Waals surface area contributed by atoms with Crippen molar-refractivity contribution in [2.24, 2.45) is 0 Å². The molecule has 0 bridgehead atoms. The first-order chi connectivity index (χ1) is 9.06. The minimum Gasteiger partial charge on any atom is -0.383 e. The van der Waals surface area contributed by atoms with E-state index in [2.05, 4.69) is 11.9 Å². The minimum atomic E-state index is -0.384. The number of nitrogens with zero attached hydrogens (tertiary/aromatic N) is 2. The minimum absolute atomic E-state index is 0.345. The molecular formula is C14H17ClFN3. The molecule has 0 radical (unpaired) electrons. The number of imidazole rings is 1. The maximum Gasteiger partial charge on any atom is 0.131 e. The number of nitrogen functional groups attached to an aromatic ring is 1. The van der Waals surface area contributed by atoms with Crippen LogP contribution >= 0.6 is 11.6 Å². The van der Waals surface area contributed by atoms with Gasteiger partial charge in [0.2, 0.25) is 0 Å².